The highest BCUT2D eigenvalue weighted by atomic mass is 32.2. The van der Waals surface area contributed by atoms with Crippen LogP contribution in [-0.4, -0.2) is 32.9 Å². The van der Waals surface area contributed by atoms with E-state index >= 15 is 0 Å². The first kappa shape index (κ1) is 16.7. The van der Waals surface area contributed by atoms with Crippen LogP contribution < -0.4 is 0 Å². The molecule has 28 heavy (non-hydrogen) atoms. The van der Waals surface area contributed by atoms with E-state index in [1.54, 1.807) is 18.5 Å². The molecule has 0 aliphatic rings. The van der Waals surface area contributed by atoms with E-state index in [0.29, 0.717) is 11.4 Å². The number of aromatic nitrogens is 4. The van der Waals surface area contributed by atoms with Gasteiger partial charge in [0.2, 0.25) is 0 Å². The molecular formula is C20H14N4O3S. The van der Waals surface area contributed by atoms with E-state index in [4.69, 9.17) is 0 Å². The molecule has 0 atom stereocenters. The zero-order valence-corrected chi connectivity index (χ0v) is 15.2. The number of nitrogens with zero attached hydrogens (tertiary/aromatic N) is 2. The van der Waals surface area contributed by atoms with Crippen molar-refractivity contribution in [1.29, 1.82) is 0 Å². The van der Waals surface area contributed by atoms with Crippen LogP contribution in [0, 0.1) is 0 Å². The van der Waals surface area contributed by atoms with Crippen LogP contribution in [0.15, 0.2) is 71.9 Å². The second-order valence-electron chi connectivity index (χ2n) is 6.45. The molecule has 0 radical (unpaired) electrons. The van der Waals surface area contributed by atoms with Gasteiger partial charge in [0.25, 0.3) is 10.1 Å². The predicted octanol–water partition coefficient (Wildman–Crippen LogP) is 4.02. The molecule has 8 heteroatoms. The highest BCUT2D eigenvalue weighted by Crippen LogP contribution is 2.28. The molecule has 0 saturated heterocycles. The summed E-state index contributed by atoms with van der Waals surface area (Å²) in [6.07, 6.45) is 1.67. The summed E-state index contributed by atoms with van der Waals surface area (Å²) in [4.78, 5) is 14.9. The Bertz CT molecular complexity index is 1450. The maximum atomic E-state index is 11.4. The largest absolute Gasteiger partial charge is 0.345 e. The molecule has 2 heterocycles. The molecule has 0 fully saturated rings. The summed E-state index contributed by atoms with van der Waals surface area (Å²) >= 11 is 0. The van der Waals surface area contributed by atoms with Crippen LogP contribution in [0.5, 0.6) is 0 Å². The smallest absolute Gasteiger partial charge is 0.294 e. The van der Waals surface area contributed by atoms with Crippen molar-refractivity contribution in [3.8, 4) is 22.5 Å². The van der Waals surface area contributed by atoms with Crippen molar-refractivity contribution in [2.24, 2.45) is 0 Å². The first-order valence-electron chi connectivity index (χ1n) is 8.49. The number of hydrogen-bond acceptors (Lipinski definition) is 4. The lowest BCUT2D eigenvalue weighted by atomic mass is 10.0. The summed E-state index contributed by atoms with van der Waals surface area (Å²) in [6, 6.07) is 17.9. The Kier molecular flexibility index (Phi) is 3.58. The lowest BCUT2D eigenvalue weighted by molar-refractivity contribution is 0.483. The first-order chi connectivity index (χ1) is 13.5. The van der Waals surface area contributed by atoms with E-state index in [0.717, 1.165) is 33.2 Å². The van der Waals surface area contributed by atoms with E-state index in [1.807, 2.05) is 36.4 Å². The minimum Gasteiger partial charge on any atom is -0.345 e. The van der Waals surface area contributed by atoms with Crippen molar-refractivity contribution >= 4 is 32.2 Å². The van der Waals surface area contributed by atoms with Gasteiger partial charge in [0, 0.05) is 5.56 Å². The Morgan fingerprint density at radius 1 is 0.821 bits per heavy atom. The van der Waals surface area contributed by atoms with Crippen molar-refractivity contribution < 1.29 is 13.0 Å². The van der Waals surface area contributed by atoms with Crippen LogP contribution in [0.3, 0.4) is 0 Å². The zero-order valence-electron chi connectivity index (χ0n) is 14.4. The van der Waals surface area contributed by atoms with Gasteiger partial charge < -0.3 is 9.97 Å². The van der Waals surface area contributed by atoms with E-state index < -0.39 is 10.1 Å². The topological polar surface area (TPSA) is 112 Å². The van der Waals surface area contributed by atoms with Crippen molar-refractivity contribution in [1.82, 2.24) is 19.9 Å². The third-order valence-electron chi connectivity index (χ3n) is 4.64. The van der Waals surface area contributed by atoms with Crippen LogP contribution in [-0.2, 0) is 10.1 Å². The summed E-state index contributed by atoms with van der Waals surface area (Å²) < 4.78 is 32.0. The summed E-state index contributed by atoms with van der Waals surface area (Å²) in [5.41, 5.74) is 6.10. The van der Waals surface area contributed by atoms with Crippen molar-refractivity contribution in [2.45, 2.75) is 4.90 Å². The fourth-order valence-electron chi connectivity index (χ4n) is 3.24. The third-order valence-corrected chi connectivity index (χ3v) is 5.49. The minimum atomic E-state index is -4.27. The standard InChI is InChI=1S/C20H14N4O3S/c25-28(26,27)15-3-1-2-14(8-15)20-23-17-7-5-13(10-19(17)24-20)12-4-6-16-18(9-12)22-11-21-16/h1-11H,(H,21,22)(H,23,24)(H,25,26,27). The summed E-state index contributed by atoms with van der Waals surface area (Å²) in [5.74, 6) is 0.529. The van der Waals surface area contributed by atoms with E-state index in [1.165, 1.54) is 12.1 Å². The molecule has 0 bridgehead atoms. The summed E-state index contributed by atoms with van der Waals surface area (Å²) in [5, 5.41) is 0. The molecule has 7 nitrogen and oxygen atoms in total. The first-order valence-corrected chi connectivity index (χ1v) is 9.93. The van der Waals surface area contributed by atoms with Crippen LogP contribution in [0.25, 0.3) is 44.6 Å². The molecule has 0 amide bonds. The molecule has 0 aliphatic carbocycles. The predicted molar refractivity (Wildman–Crippen MR) is 106 cm³/mol. The second kappa shape index (κ2) is 6.01. The normalized spacial score (nSPS) is 12.0. The maximum absolute atomic E-state index is 11.4. The van der Waals surface area contributed by atoms with Gasteiger partial charge in [0.15, 0.2) is 0 Å². The van der Waals surface area contributed by atoms with E-state index in [9.17, 15) is 13.0 Å². The highest BCUT2D eigenvalue weighted by Gasteiger charge is 2.13. The number of rotatable bonds is 3. The average Bonchev–Trinajstić information content (AvgIpc) is 3.33. The van der Waals surface area contributed by atoms with Gasteiger partial charge in [-0.15, -0.1) is 0 Å². The average molecular weight is 390 g/mol. The number of H-pyrrole nitrogens is 2. The van der Waals surface area contributed by atoms with Crippen LogP contribution in [0.4, 0.5) is 0 Å². The summed E-state index contributed by atoms with van der Waals surface area (Å²) in [7, 11) is -4.27. The molecule has 3 N–H and O–H groups in total. The fourth-order valence-corrected chi connectivity index (χ4v) is 3.77. The Morgan fingerprint density at radius 3 is 2.36 bits per heavy atom. The quantitative estimate of drug-likeness (QED) is 0.403. The fraction of sp³-hybridized carbons (Fsp3) is 0. The van der Waals surface area contributed by atoms with Crippen molar-refractivity contribution in [2.75, 3.05) is 0 Å². The van der Waals surface area contributed by atoms with Gasteiger partial charge >= 0.3 is 0 Å². The molecule has 0 aliphatic heterocycles. The van der Waals surface area contributed by atoms with Crippen LogP contribution in [0.2, 0.25) is 0 Å². The molecular weight excluding hydrogens is 376 g/mol. The number of aromatic amines is 2. The highest BCUT2D eigenvalue weighted by molar-refractivity contribution is 7.85. The molecule has 0 saturated carbocycles. The Labute approximate surface area is 159 Å². The van der Waals surface area contributed by atoms with Gasteiger partial charge in [0.1, 0.15) is 5.82 Å². The number of benzene rings is 3. The number of imidazole rings is 2. The molecule has 3 aromatic carbocycles. The van der Waals surface area contributed by atoms with Gasteiger partial charge in [-0.05, 0) is 47.5 Å². The van der Waals surface area contributed by atoms with Crippen molar-refractivity contribution in [3.05, 3.63) is 67.0 Å². The van der Waals surface area contributed by atoms with Gasteiger partial charge in [0.05, 0.1) is 33.3 Å². The molecule has 0 spiro atoms. The van der Waals surface area contributed by atoms with Crippen molar-refractivity contribution in [3.63, 3.8) is 0 Å². The SMILES string of the molecule is O=S(=O)(O)c1cccc(-c2nc3ccc(-c4ccc5nc[nH]c5c4)cc3[nH]2)c1. The number of fused-ring (bicyclic) bond motifs is 2. The molecule has 5 rings (SSSR count). The second-order valence-corrected chi connectivity index (χ2v) is 7.88. The summed E-state index contributed by atoms with van der Waals surface area (Å²) in [6.45, 7) is 0. The van der Waals surface area contributed by atoms with Gasteiger partial charge in [-0.25, -0.2) is 9.97 Å². The maximum Gasteiger partial charge on any atom is 0.294 e. The van der Waals surface area contributed by atoms with Crippen LogP contribution in [0.1, 0.15) is 0 Å². The number of nitrogens with one attached hydrogen (secondary N) is 2. The molecule has 5 aromatic rings. The van der Waals surface area contributed by atoms with Gasteiger partial charge in [-0.3, -0.25) is 4.55 Å². The zero-order chi connectivity index (χ0) is 19.3. The Morgan fingerprint density at radius 2 is 1.57 bits per heavy atom. The molecule has 2 aromatic heterocycles. The van der Waals surface area contributed by atoms with Crippen LogP contribution >= 0.6 is 0 Å². The molecule has 138 valence electrons. The van der Waals surface area contributed by atoms with E-state index in [2.05, 4.69) is 19.9 Å². The monoisotopic (exact) mass is 390 g/mol. The lowest BCUT2D eigenvalue weighted by Gasteiger charge is -2.01. The lowest BCUT2D eigenvalue weighted by Crippen LogP contribution is -1.97. The minimum absolute atomic E-state index is 0.168. The van der Waals surface area contributed by atoms with Gasteiger partial charge in [-0.2, -0.15) is 8.42 Å². The number of hydrogen-bond donors (Lipinski definition) is 3. The van der Waals surface area contributed by atoms with Gasteiger partial charge in [-0.1, -0.05) is 24.3 Å². The van der Waals surface area contributed by atoms with E-state index in [-0.39, 0.29) is 4.90 Å². The Balaban J connectivity index is 1.59. The Hall–Kier alpha value is -3.49. The third kappa shape index (κ3) is 2.84. The molecule has 0 unspecified atom stereocenters.